The Morgan fingerprint density at radius 2 is 2.20 bits per heavy atom. The topological polar surface area (TPSA) is 24.4 Å². The molecule has 2 nitrogen and oxygen atoms in total. The number of rotatable bonds is 1. The van der Waals surface area contributed by atoms with Crippen LogP contribution in [0.5, 0.6) is 0 Å². The average Bonchev–Trinajstić information content (AvgIpc) is 2.24. The molecule has 0 saturated carbocycles. The van der Waals surface area contributed by atoms with Gasteiger partial charge in [-0.3, -0.25) is 4.99 Å². The largest absolute Gasteiger partial charge is 0.343 e. The number of halogens is 1. The van der Waals surface area contributed by atoms with Crippen molar-refractivity contribution >= 4 is 23.1 Å². The highest BCUT2D eigenvalue weighted by molar-refractivity contribution is 6.33. The molecule has 1 aliphatic heterocycles. The van der Waals surface area contributed by atoms with Crippen LogP contribution in [0.15, 0.2) is 23.2 Å². The molecule has 0 spiro atoms. The minimum Gasteiger partial charge on any atom is -0.343 e. The number of anilines is 1. The van der Waals surface area contributed by atoms with Gasteiger partial charge >= 0.3 is 0 Å². The third kappa shape index (κ3) is 2.72. The third-order valence-corrected chi connectivity index (χ3v) is 2.84. The van der Waals surface area contributed by atoms with Crippen LogP contribution in [0.3, 0.4) is 0 Å². The summed E-state index contributed by atoms with van der Waals surface area (Å²) in [6.45, 7) is 2.97. The Morgan fingerprint density at radius 3 is 2.87 bits per heavy atom. The van der Waals surface area contributed by atoms with E-state index in [1.54, 1.807) is 0 Å². The second-order valence-electron chi connectivity index (χ2n) is 3.89. The first-order valence-corrected chi connectivity index (χ1v) is 5.70. The fourth-order valence-electron chi connectivity index (χ4n) is 1.68. The highest BCUT2D eigenvalue weighted by atomic mass is 35.5. The van der Waals surface area contributed by atoms with Crippen molar-refractivity contribution in [2.24, 2.45) is 4.99 Å². The molecule has 1 aromatic rings. The van der Waals surface area contributed by atoms with Gasteiger partial charge in [0.1, 0.15) is 5.84 Å². The first kappa shape index (κ1) is 10.5. The van der Waals surface area contributed by atoms with Crippen molar-refractivity contribution in [1.29, 1.82) is 0 Å². The van der Waals surface area contributed by atoms with E-state index >= 15 is 0 Å². The summed E-state index contributed by atoms with van der Waals surface area (Å²) in [5, 5.41) is 4.06. The Labute approximate surface area is 95.4 Å². The van der Waals surface area contributed by atoms with Crippen LogP contribution in [0, 0.1) is 6.92 Å². The lowest BCUT2D eigenvalue weighted by atomic mass is 10.1. The molecule has 0 bridgehead atoms. The Hall–Kier alpha value is -1.02. The van der Waals surface area contributed by atoms with Gasteiger partial charge in [0, 0.05) is 13.0 Å². The van der Waals surface area contributed by atoms with Gasteiger partial charge < -0.3 is 5.32 Å². The molecule has 3 heteroatoms. The zero-order valence-corrected chi connectivity index (χ0v) is 9.64. The van der Waals surface area contributed by atoms with Gasteiger partial charge in [-0.05, 0) is 37.5 Å². The fraction of sp³-hybridized carbons (Fsp3) is 0.417. The van der Waals surface area contributed by atoms with Crippen molar-refractivity contribution in [2.45, 2.75) is 26.2 Å². The lowest BCUT2D eigenvalue weighted by Gasteiger charge is -2.15. The molecular formula is C12H15ClN2. The Balaban J connectivity index is 2.13. The third-order valence-electron chi connectivity index (χ3n) is 2.53. The highest BCUT2D eigenvalue weighted by Crippen LogP contribution is 2.23. The summed E-state index contributed by atoms with van der Waals surface area (Å²) in [5.41, 5.74) is 2.14. The van der Waals surface area contributed by atoms with Crippen LogP contribution in [0.1, 0.15) is 24.8 Å². The molecule has 0 unspecified atom stereocenters. The second kappa shape index (κ2) is 4.67. The summed E-state index contributed by atoms with van der Waals surface area (Å²) in [6, 6.07) is 6.03. The molecule has 0 radical (unpaired) electrons. The normalized spacial score (nSPS) is 16.0. The van der Waals surface area contributed by atoms with Crippen molar-refractivity contribution in [3.05, 3.63) is 28.8 Å². The van der Waals surface area contributed by atoms with E-state index < -0.39 is 0 Å². The summed E-state index contributed by atoms with van der Waals surface area (Å²) in [5.74, 6) is 1.06. The summed E-state index contributed by atoms with van der Waals surface area (Å²) in [6.07, 6.45) is 3.45. The average molecular weight is 223 g/mol. The van der Waals surface area contributed by atoms with Gasteiger partial charge in [0.25, 0.3) is 0 Å². The van der Waals surface area contributed by atoms with Gasteiger partial charge in [-0.1, -0.05) is 17.7 Å². The Kier molecular flexibility index (Phi) is 3.27. The lowest BCUT2D eigenvalue weighted by Crippen LogP contribution is -2.16. The van der Waals surface area contributed by atoms with Crippen molar-refractivity contribution in [3.63, 3.8) is 0 Å². The zero-order valence-electron chi connectivity index (χ0n) is 8.89. The SMILES string of the molecule is Cc1ccc(NC2=NCCCC2)c(Cl)c1. The first-order chi connectivity index (χ1) is 7.25. The standard InChI is InChI=1S/C12H15ClN2/c1-9-5-6-11(10(13)8-9)15-12-4-2-3-7-14-12/h5-6,8H,2-4,7H2,1H3,(H,14,15). The molecule has 0 aliphatic carbocycles. The zero-order chi connectivity index (χ0) is 10.7. The van der Waals surface area contributed by atoms with Crippen LogP contribution in [0.4, 0.5) is 5.69 Å². The van der Waals surface area contributed by atoms with Crippen molar-refractivity contribution in [2.75, 3.05) is 11.9 Å². The van der Waals surface area contributed by atoms with E-state index in [4.69, 9.17) is 11.6 Å². The first-order valence-electron chi connectivity index (χ1n) is 5.32. The Bertz CT molecular complexity index is 385. The number of hydrogen-bond donors (Lipinski definition) is 1. The summed E-state index contributed by atoms with van der Waals surface area (Å²) in [4.78, 5) is 4.44. The van der Waals surface area contributed by atoms with Crippen LogP contribution in [0.25, 0.3) is 0 Å². The van der Waals surface area contributed by atoms with Crippen molar-refractivity contribution in [3.8, 4) is 0 Å². The van der Waals surface area contributed by atoms with E-state index in [0.29, 0.717) is 0 Å². The predicted octanol–water partition coefficient (Wildman–Crippen LogP) is 3.64. The summed E-state index contributed by atoms with van der Waals surface area (Å²) in [7, 11) is 0. The molecule has 0 atom stereocenters. The maximum Gasteiger partial charge on any atom is 0.101 e. The number of aryl methyl sites for hydroxylation is 1. The lowest BCUT2D eigenvalue weighted by molar-refractivity contribution is 0.737. The molecule has 0 aromatic heterocycles. The van der Waals surface area contributed by atoms with Gasteiger partial charge in [-0.2, -0.15) is 0 Å². The molecule has 0 amide bonds. The van der Waals surface area contributed by atoms with E-state index in [1.165, 1.54) is 18.4 Å². The number of aliphatic imine (C=N–C) groups is 1. The predicted molar refractivity (Wildman–Crippen MR) is 66.0 cm³/mol. The maximum absolute atomic E-state index is 6.13. The molecule has 2 rings (SSSR count). The van der Waals surface area contributed by atoms with Gasteiger partial charge in [-0.15, -0.1) is 0 Å². The number of nitrogens with one attached hydrogen (secondary N) is 1. The van der Waals surface area contributed by atoms with E-state index in [9.17, 15) is 0 Å². The molecule has 1 aromatic carbocycles. The van der Waals surface area contributed by atoms with Crippen LogP contribution in [0.2, 0.25) is 5.02 Å². The molecule has 1 heterocycles. The molecule has 1 aliphatic rings. The smallest absolute Gasteiger partial charge is 0.101 e. The Morgan fingerprint density at radius 1 is 1.33 bits per heavy atom. The monoisotopic (exact) mass is 222 g/mol. The summed E-state index contributed by atoms with van der Waals surface area (Å²) < 4.78 is 0. The highest BCUT2D eigenvalue weighted by Gasteiger charge is 2.07. The van der Waals surface area contributed by atoms with Crippen LogP contribution in [-0.2, 0) is 0 Å². The number of amidine groups is 1. The quantitative estimate of drug-likeness (QED) is 0.771. The van der Waals surface area contributed by atoms with E-state index in [2.05, 4.69) is 16.4 Å². The maximum atomic E-state index is 6.13. The number of benzene rings is 1. The van der Waals surface area contributed by atoms with Crippen LogP contribution >= 0.6 is 11.6 Å². The molecule has 0 saturated heterocycles. The molecule has 0 fully saturated rings. The minimum atomic E-state index is 0.767. The summed E-state index contributed by atoms with van der Waals surface area (Å²) >= 11 is 6.13. The van der Waals surface area contributed by atoms with Crippen LogP contribution < -0.4 is 5.32 Å². The minimum absolute atomic E-state index is 0.767. The van der Waals surface area contributed by atoms with Gasteiger partial charge in [-0.25, -0.2) is 0 Å². The van der Waals surface area contributed by atoms with E-state index in [1.807, 2.05) is 19.1 Å². The van der Waals surface area contributed by atoms with Gasteiger partial charge in [0.05, 0.1) is 10.7 Å². The van der Waals surface area contributed by atoms with E-state index in [0.717, 1.165) is 29.5 Å². The molecule has 15 heavy (non-hydrogen) atoms. The number of hydrogen-bond acceptors (Lipinski definition) is 2. The number of nitrogens with zero attached hydrogens (tertiary/aromatic N) is 1. The molecule has 80 valence electrons. The van der Waals surface area contributed by atoms with Crippen LogP contribution in [-0.4, -0.2) is 12.4 Å². The van der Waals surface area contributed by atoms with Gasteiger partial charge in [0.2, 0.25) is 0 Å². The molecular weight excluding hydrogens is 208 g/mol. The second-order valence-corrected chi connectivity index (χ2v) is 4.30. The van der Waals surface area contributed by atoms with Gasteiger partial charge in [0.15, 0.2) is 0 Å². The van der Waals surface area contributed by atoms with Crippen molar-refractivity contribution in [1.82, 2.24) is 0 Å². The van der Waals surface area contributed by atoms with E-state index in [-0.39, 0.29) is 0 Å². The van der Waals surface area contributed by atoms with Crippen molar-refractivity contribution < 1.29 is 0 Å². The fourth-order valence-corrected chi connectivity index (χ4v) is 1.96. The molecule has 1 N–H and O–H groups in total.